The molecular weight excluding hydrogens is 208 g/mol. The fourth-order valence-corrected chi connectivity index (χ4v) is 2.92. The lowest BCUT2D eigenvalue weighted by Crippen LogP contribution is -2.46. The smallest absolute Gasteiger partial charge is 0.0264 e. The summed E-state index contributed by atoms with van der Waals surface area (Å²) in [5.74, 6) is 0.986. The molecule has 1 N–H and O–H groups in total. The molecule has 0 aromatic heterocycles. The van der Waals surface area contributed by atoms with Crippen molar-refractivity contribution >= 4 is 0 Å². The standard InChI is InChI=1S/C15H22N2/c1-16-9-15-8-13-4-2-3-5-14(13)11-17(15)10-12-6-7-12/h2-5,12,15-16H,6-11H2,1H3. The maximum atomic E-state index is 3.35. The van der Waals surface area contributed by atoms with Crippen LogP contribution in [0.25, 0.3) is 0 Å². The molecule has 1 saturated carbocycles. The van der Waals surface area contributed by atoms with Gasteiger partial charge in [-0.1, -0.05) is 24.3 Å². The number of rotatable bonds is 4. The Hall–Kier alpha value is -0.860. The van der Waals surface area contributed by atoms with Gasteiger partial charge >= 0.3 is 0 Å². The van der Waals surface area contributed by atoms with Crippen LogP contribution in [-0.2, 0) is 13.0 Å². The fourth-order valence-electron chi connectivity index (χ4n) is 2.92. The molecule has 1 heterocycles. The summed E-state index contributed by atoms with van der Waals surface area (Å²) in [6, 6.07) is 9.63. The molecule has 0 spiro atoms. The van der Waals surface area contributed by atoms with Crippen molar-refractivity contribution in [3.05, 3.63) is 35.4 Å². The van der Waals surface area contributed by atoms with E-state index < -0.39 is 0 Å². The lowest BCUT2D eigenvalue weighted by atomic mass is 9.93. The van der Waals surface area contributed by atoms with Crippen molar-refractivity contribution in [3.63, 3.8) is 0 Å². The van der Waals surface area contributed by atoms with Crippen molar-refractivity contribution in [1.82, 2.24) is 10.2 Å². The summed E-state index contributed by atoms with van der Waals surface area (Å²) in [6.45, 7) is 3.57. The molecule has 0 radical (unpaired) electrons. The Morgan fingerprint density at radius 2 is 2.00 bits per heavy atom. The van der Waals surface area contributed by atoms with Crippen molar-refractivity contribution in [2.24, 2.45) is 5.92 Å². The van der Waals surface area contributed by atoms with E-state index in [1.54, 1.807) is 11.1 Å². The molecule has 1 atom stereocenters. The van der Waals surface area contributed by atoms with E-state index in [2.05, 4.69) is 41.5 Å². The van der Waals surface area contributed by atoms with Gasteiger partial charge < -0.3 is 5.32 Å². The van der Waals surface area contributed by atoms with Crippen LogP contribution in [0.2, 0.25) is 0 Å². The third-order valence-electron chi connectivity index (χ3n) is 4.09. The first-order valence-electron chi connectivity index (χ1n) is 6.82. The number of hydrogen-bond donors (Lipinski definition) is 1. The van der Waals surface area contributed by atoms with Crippen LogP contribution < -0.4 is 5.32 Å². The van der Waals surface area contributed by atoms with Crippen LogP contribution in [0.5, 0.6) is 0 Å². The van der Waals surface area contributed by atoms with E-state index in [9.17, 15) is 0 Å². The van der Waals surface area contributed by atoms with Gasteiger partial charge in [-0.2, -0.15) is 0 Å². The van der Waals surface area contributed by atoms with E-state index in [-0.39, 0.29) is 0 Å². The van der Waals surface area contributed by atoms with Gasteiger partial charge in [-0.25, -0.2) is 0 Å². The Labute approximate surface area is 104 Å². The highest BCUT2D eigenvalue weighted by molar-refractivity contribution is 5.30. The summed E-state index contributed by atoms with van der Waals surface area (Å²) in [4.78, 5) is 2.69. The zero-order chi connectivity index (χ0) is 11.7. The maximum Gasteiger partial charge on any atom is 0.0264 e. The SMILES string of the molecule is CNCC1Cc2ccccc2CN1CC1CC1. The zero-order valence-electron chi connectivity index (χ0n) is 10.7. The summed E-state index contributed by atoms with van der Waals surface area (Å²) >= 11 is 0. The summed E-state index contributed by atoms with van der Waals surface area (Å²) < 4.78 is 0. The van der Waals surface area contributed by atoms with Gasteiger partial charge in [0.1, 0.15) is 0 Å². The van der Waals surface area contributed by atoms with Gasteiger partial charge in [0.15, 0.2) is 0 Å². The highest BCUT2D eigenvalue weighted by Gasteiger charge is 2.30. The van der Waals surface area contributed by atoms with Crippen LogP contribution in [0.15, 0.2) is 24.3 Å². The highest BCUT2D eigenvalue weighted by atomic mass is 15.2. The predicted octanol–water partition coefficient (Wildman–Crippen LogP) is 2.04. The molecule has 1 aromatic rings. The lowest BCUT2D eigenvalue weighted by Gasteiger charge is -2.37. The second-order valence-electron chi connectivity index (χ2n) is 5.56. The molecule has 1 aliphatic carbocycles. The van der Waals surface area contributed by atoms with Crippen LogP contribution in [0.3, 0.4) is 0 Å². The van der Waals surface area contributed by atoms with Gasteiger partial charge in [0.05, 0.1) is 0 Å². The fraction of sp³-hybridized carbons (Fsp3) is 0.600. The van der Waals surface area contributed by atoms with Crippen molar-refractivity contribution < 1.29 is 0 Å². The Morgan fingerprint density at radius 1 is 1.24 bits per heavy atom. The molecule has 0 saturated heterocycles. The van der Waals surface area contributed by atoms with Gasteiger partial charge in [-0.05, 0) is 43.4 Å². The van der Waals surface area contributed by atoms with Gasteiger partial charge in [0.25, 0.3) is 0 Å². The monoisotopic (exact) mass is 230 g/mol. The highest BCUT2D eigenvalue weighted by Crippen LogP contribution is 2.33. The molecular formula is C15H22N2. The van der Waals surface area contributed by atoms with E-state index in [1.165, 1.54) is 25.8 Å². The third-order valence-corrected chi connectivity index (χ3v) is 4.09. The van der Waals surface area contributed by atoms with E-state index in [0.29, 0.717) is 6.04 Å². The quantitative estimate of drug-likeness (QED) is 0.851. The molecule has 0 amide bonds. The molecule has 2 nitrogen and oxygen atoms in total. The second-order valence-corrected chi connectivity index (χ2v) is 5.56. The topological polar surface area (TPSA) is 15.3 Å². The van der Waals surface area contributed by atoms with Crippen molar-refractivity contribution in [2.75, 3.05) is 20.1 Å². The molecule has 17 heavy (non-hydrogen) atoms. The van der Waals surface area contributed by atoms with Crippen molar-refractivity contribution in [2.45, 2.75) is 31.8 Å². The van der Waals surface area contributed by atoms with Crippen LogP contribution >= 0.6 is 0 Å². The number of fused-ring (bicyclic) bond motifs is 1. The summed E-state index contributed by atoms with van der Waals surface area (Å²) in [7, 11) is 2.07. The minimum absolute atomic E-state index is 0.690. The third kappa shape index (κ3) is 2.53. The maximum absolute atomic E-state index is 3.35. The molecule has 2 aliphatic rings. The predicted molar refractivity (Wildman–Crippen MR) is 71.0 cm³/mol. The average molecular weight is 230 g/mol. The Balaban J connectivity index is 1.77. The first-order valence-corrected chi connectivity index (χ1v) is 6.82. The van der Waals surface area contributed by atoms with Gasteiger partial charge in [-0.3, -0.25) is 4.90 Å². The van der Waals surface area contributed by atoms with E-state index in [0.717, 1.165) is 19.0 Å². The first kappa shape index (κ1) is 11.2. The van der Waals surface area contributed by atoms with Gasteiger partial charge in [-0.15, -0.1) is 0 Å². The summed E-state index contributed by atoms with van der Waals surface area (Å²) in [6.07, 6.45) is 4.11. The molecule has 3 rings (SSSR count). The summed E-state index contributed by atoms with van der Waals surface area (Å²) in [5, 5.41) is 3.35. The van der Waals surface area contributed by atoms with Crippen molar-refractivity contribution in [1.29, 1.82) is 0 Å². The summed E-state index contributed by atoms with van der Waals surface area (Å²) in [5.41, 5.74) is 3.10. The number of benzene rings is 1. The van der Waals surface area contributed by atoms with Crippen LogP contribution in [0, 0.1) is 5.92 Å². The Morgan fingerprint density at radius 3 is 2.71 bits per heavy atom. The zero-order valence-corrected chi connectivity index (χ0v) is 10.7. The number of nitrogens with one attached hydrogen (secondary N) is 1. The number of hydrogen-bond acceptors (Lipinski definition) is 2. The lowest BCUT2D eigenvalue weighted by molar-refractivity contribution is 0.162. The van der Waals surface area contributed by atoms with Crippen LogP contribution in [-0.4, -0.2) is 31.1 Å². The number of nitrogens with zero attached hydrogens (tertiary/aromatic N) is 1. The molecule has 2 heteroatoms. The first-order chi connectivity index (χ1) is 8.36. The second kappa shape index (κ2) is 4.79. The molecule has 92 valence electrons. The van der Waals surface area contributed by atoms with Crippen LogP contribution in [0.1, 0.15) is 24.0 Å². The molecule has 1 fully saturated rings. The van der Waals surface area contributed by atoms with E-state index in [4.69, 9.17) is 0 Å². The van der Waals surface area contributed by atoms with Gasteiger partial charge in [0, 0.05) is 25.7 Å². The minimum atomic E-state index is 0.690. The minimum Gasteiger partial charge on any atom is -0.318 e. The number of likely N-dealkylation sites (N-methyl/N-ethyl adjacent to an activating group) is 1. The Bertz CT molecular complexity index is 384. The van der Waals surface area contributed by atoms with Gasteiger partial charge in [0.2, 0.25) is 0 Å². The molecule has 0 bridgehead atoms. The molecule has 1 aliphatic heterocycles. The van der Waals surface area contributed by atoms with Crippen molar-refractivity contribution in [3.8, 4) is 0 Å². The Kier molecular flexibility index (Phi) is 3.17. The van der Waals surface area contributed by atoms with Crippen LogP contribution in [0.4, 0.5) is 0 Å². The average Bonchev–Trinajstić information content (AvgIpc) is 3.14. The normalized spacial score (nSPS) is 24.6. The van der Waals surface area contributed by atoms with E-state index >= 15 is 0 Å². The van der Waals surface area contributed by atoms with E-state index in [1.807, 2.05) is 0 Å². The molecule has 1 aromatic carbocycles. The largest absolute Gasteiger partial charge is 0.318 e. The molecule has 1 unspecified atom stereocenters.